The molecule has 28 heavy (non-hydrogen) atoms. The predicted molar refractivity (Wildman–Crippen MR) is 107 cm³/mol. The Morgan fingerprint density at radius 2 is 0.571 bits per heavy atom. The molecule has 6 heteroatoms. The smallest absolute Gasteiger partial charge is 0.233 e. The Hall–Kier alpha value is -3.08. The molecule has 0 amide bonds. The summed E-state index contributed by atoms with van der Waals surface area (Å²) in [6.45, 7) is 0. The number of ketones is 4. The topological polar surface area (TPSA) is 68.3 Å². The van der Waals surface area contributed by atoms with Crippen molar-refractivity contribution in [2.45, 2.75) is 0 Å². The van der Waals surface area contributed by atoms with Crippen molar-refractivity contribution in [2.24, 2.45) is 0 Å². The van der Waals surface area contributed by atoms with Gasteiger partial charge in [-0.2, -0.15) is 0 Å². The van der Waals surface area contributed by atoms with Crippen LogP contribution in [0, 0.1) is 0 Å². The van der Waals surface area contributed by atoms with Crippen LogP contribution < -0.4 is 0 Å². The van der Waals surface area contributed by atoms with Crippen LogP contribution in [0.2, 0.25) is 10.0 Å². The fourth-order valence-corrected chi connectivity index (χ4v) is 2.75. The van der Waals surface area contributed by atoms with E-state index in [9.17, 15) is 19.2 Å². The zero-order chi connectivity index (χ0) is 20.3. The van der Waals surface area contributed by atoms with Crippen LogP contribution in [0.15, 0.2) is 72.8 Å². The van der Waals surface area contributed by atoms with Gasteiger partial charge in [-0.25, -0.2) is 0 Å². The van der Waals surface area contributed by atoms with E-state index in [2.05, 4.69) is 0 Å². The quantitative estimate of drug-likeness (QED) is 0.417. The summed E-state index contributed by atoms with van der Waals surface area (Å²) in [5.74, 6) is -2.81. The number of halogens is 2. The number of carbonyl (C=O) groups excluding carboxylic acids is 4. The second-order valence-electron chi connectivity index (χ2n) is 5.91. The van der Waals surface area contributed by atoms with Gasteiger partial charge in [-0.3, -0.25) is 19.2 Å². The van der Waals surface area contributed by atoms with E-state index in [0.29, 0.717) is 10.0 Å². The van der Waals surface area contributed by atoms with Crippen molar-refractivity contribution in [3.05, 3.63) is 105 Å². The van der Waals surface area contributed by atoms with Crippen molar-refractivity contribution < 1.29 is 19.2 Å². The van der Waals surface area contributed by atoms with E-state index >= 15 is 0 Å². The molecule has 0 aliphatic carbocycles. The zero-order valence-electron chi connectivity index (χ0n) is 14.3. The van der Waals surface area contributed by atoms with Crippen LogP contribution in [0.25, 0.3) is 0 Å². The molecule has 3 aromatic rings. The first kappa shape index (κ1) is 19.7. The lowest BCUT2D eigenvalue weighted by Gasteiger charge is -2.04. The molecular weight excluding hydrogens is 399 g/mol. The van der Waals surface area contributed by atoms with Gasteiger partial charge in [0, 0.05) is 32.3 Å². The summed E-state index contributed by atoms with van der Waals surface area (Å²) < 4.78 is 0. The average molecular weight is 411 g/mol. The van der Waals surface area contributed by atoms with Crippen LogP contribution in [-0.2, 0) is 0 Å². The van der Waals surface area contributed by atoms with Gasteiger partial charge >= 0.3 is 0 Å². The molecule has 0 radical (unpaired) electrons. The van der Waals surface area contributed by atoms with E-state index in [-0.39, 0.29) is 22.3 Å². The summed E-state index contributed by atoms with van der Waals surface area (Å²) in [4.78, 5) is 49.2. The maximum atomic E-state index is 12.4. The number of hydrogen-bond donors (Lipinski definition) is 0. The van der Waals surface area contributed by atoms with E-state index in [0.717, 1.165) is 0 Å². The lowest BCUT2D eigenvalue weighted by Crippen LogP contribution is -2.16. The van der Waals surface area contributed by atoms with Crippen LogP contribution in [-0.4, -0.2) is 23.1 Å². The Balaban J connectivity index is 1.77. The van der Waals surface area contributed by atoms with Crippen LogP contribution in [0.3, 0.4) is 0 Å². The fourth-order valence-electron chi connectivity index (χ4n) is 2.50. The van der Waals surface area contributed by atoms with Crippen molar-refractivity contribution in [2.75, 3.05) is 0 Å². The molecule has 0 atom stereocenters. The van der Waals surface area contributed by atoms with Gasteiger partial charge in [0.25, 0.3) is 0 Å². The Morgan fingerprint density at radius 3 is 0.786 bits per heavy atom. The van der Waals surface area contributed by atoms with E-state index in [1.165, 1.54) is 72.8 Å². The minimum absolute atomic E-state index is 0.121. The van der Waals surface area contributed by atoms with Crippen molar-refractivity contribution in [3.8, 4) is 0 Å². The molecule has 0 aliphatic heterocycles. The second-order valence-corrected chi connectivity index (χ2v) is 6.78. The summed E-state index contributed by atoms with van der Waals surface area (Å²) in [5, 5.41) is 0.912. The number of rotatable bonds is 6. The average Bonchev–Trinajstić information content (AvgIpc) is 2.73. The maximum Gasteiger partial charge on any atom is 0.233 e. The summed E-state index contributed by atoms with van der Waals surface area (Å²) in [5.41, 5.74) is 0.672. The lowest BCUT2D eigenvalue weighted by atomic mass is 9.97. The molecule has 0 N–H and O–H groups in total. The molecule has 138 valence electrons. The SMILES string of the molecule is O=C(C(=O)c1ccc(C(=O)C(=O)c2ccc(Cl)cc2)cc1)c1ccc(Cl)cc1. The highest BCUT2D eigenvalue weighted by molar-refractivity contribution is 6.50. The third-order valence-corrected chi connectivity index (χ3v) is 4.54. The third kappa shape index (κ3) is 4.25. The zero-order valence-corrected chi connectivity index (χ0v) is 15.8. The lowest BCUT2D eigenvalue weighted by molar-refractivity contribution is 0.0814. The molecule has 0 heterocycles. The first-order valence-electron chi connectivity index (χ1n) is 8.16. The molecule has 0 saturated heterocycles. The molecule has 0 bridgehead atoms. The largest absolute Gasteiger partial charge is 0.285 e. The second kappa shape index (κ2) is 8.30. The molecule has 0 aromatic heterocycles. The van der Waals surface area contributed by atoms with Crippen LogP contribution in [0.1, 0.15) is 41.4 Å². The van der Waals surface area contributed by atoms with Crippen LogP contribution in [0.4, 0.5) is 0 Å². The highest BCUT2D eigenvalue weighted by atomic mass is 35.5. The first-order valence-corrected chi connectivity index (χ1v) is 8.91. The molecule has 0 fully saturated rings. The molecule has 0 unspecified atom stereocenters. The van der Waals surface area contributed by atoms with Gasteiger partial charge < -0.3 is 0 Å². The number of benzene rings is 3. The Labute approximate surface area is 170 Å². The number of carbonyl (C=O) groups is 4. The van der Waals surface area contributed by atoms with Crippen molar-refractivity contribution in [1.82, 2.24) is 0 Å². The van der Waals surface area contributed by atoms with E-state index < -0.39 is 23.1 Å². The fraction of sp³-hybridized carbons (Fsp3) is 0. The summed E-state index contributed by atoms with van der Waals surface area (Å²) in [6, 6.07) is 17.3. The highest BCUT2D eigenvalue weighted by Gasteiger charge is 2.21. The summed E-state index contributed by atoms with van der Waals surface area (Å²) in [6.07, 6.45) is 0. The third-order valence-electron chi connectivity index (χ3n) is 4.03. The molecule has 0 spiro atoms. The van der Waals surface area contributed by atoms with Crippen molar-refractivity contribution >= 4 is 46.3 Å². The molecule has 0 aliphatic rings. The van der Waals surface area contributed by atoms with E-state index in [1.807, 2.05) is 0 Å². The number of Topliss-reactive ketones (excluding diaryl/α,β-unsaturated/α-hetero) is 4. The first-order chi connectivity index (χ1) is 13.4. The molecule has 3 rings (SSSR count). The maximum absolute atomic E-state index is 12.4. The standard InChI is InChI=1S/C22H12Cl2O4/c23-17-9-5-15(6-10-17)21(27)19(25)13-1-2-14(4-3-13)20(26)22(28)16-7-11-18(24)12-8-16/h1-12H. The van der Waals surface area contributed by atoms with Gasteiger partial charge in [-0.15, -0.1) is 0 Å². The van der Waals surface area contributed by atoms with Crippen molar-refractivity contribution in [3.63, 3.8) is 0 Å². The molecular formula is C22H12Cl2O4. The van der Waals surface area contributed by atoms with E-state index in [1.54, 1.807) is 0 Å². The summed E-state index contributed by atoms with van der Waals surface area (Å²) >= 11 is 11.6. The van der Waals surface area contributed by atoms with Gasteiger partial charge in [0.05, 0.1) is 0 Å². The number of hydrogen-bond acceptors (Lipinski definition) is 4. The molecule has 3 aromatic carbocycles. The minimum Gasteiger partial charge on any atom is -0.285 e. The van der Waals surface area contributed by atoms with Crippen LogP contribution in [0.5, 0.6) is 0 Å². The molecule has 0 saturated carbocycles. The van der Waals surface area contributed by atoms with E-state index in [4.69, 9.17) is 23.2 Å². The van der Waals surface area contributed by atoms with Gasteiger partial charge in [-0.1, -0.05) is 47.5 Å². The summed E-state index contributed by atoms with van der Waals surface area (Å²) in [7, 11) is 0. The van der Waals surface area contributed by atoms with Gasteiger partial charge in [0.1, 0.15) is 0 Å². The van der Waals surface area contributed by atoms with Crippen molar-refractivity contribution in [1.29, 1.82) is 0 Å². The normalized spacial score (nSPS) is 10.4. The predicted octanol–water partition coefficient (Wildman–Crippen LogP) is 5.12. The Bertz CT molecular complexity index is 979. The highest BCUT2D eigenvalue weighted by Crippen LogP contribution is 2.15. The minimum atomic E-state index is -0.717. The van der Waals surface area contributed by atoms with Crippen LogP contribution >= 0.6 is 23.2 Å². The Kier molecular flexibility index (Phi) is 5.83. The van der Waals surface area contributed by atoms with Gasteiger partial charge in [0.2, 0.25) is 23.1 Å². The van der Waals surface area contributed by atoms with Gasteiger partial charge in [-0.05, 0) is 48.5 Å². The van der Waals surface area contributed by atoms with Gasteiger partial charge in [0.15, 0.2) is 0 Å². The Morgan fingerprint density at radius 1 is 0.393 bits per heavy atom. The monoisotopic (exact) mass is 410 g/mol. The molecule has 4 nitrogen and oxygen atoms in total.